The van der Waals surface area contributed by atoms with Crippen molar-refractivity contribution in [3.05, 3.63) is 59.2 Å². The van der Waals surface area contributed by atoms with E-state index in [1.165, 1.54) is 20.8 Å². The summed E-state index contributed by atoms with van der Waals surface area (Å²) < 4.78 is 0. The summed E-state index contributed by atoms with van der Waals surface area (Å²) in [4.78, 5) is 47.4. The molecule has 0 saturated heterocycles. The molecule has 1 atom stereocenters. The SMILES string of the molecule is CC(=O)Nc1cc(NC(C)=O)cc(C(=O)NC(c2ccc(C(C)=O)cc2)C(C)C)c1. The van der Waals surface area contributed by atoms with Gasteiger partial charge in [0.2, 0.25) is 11.8 Å². The summed E-state index contributed by atoms with van der Waals surface area (Å²) in [6.07, 6.45) is 0. The summed E-state index contributed by atoms with van der Waals surface area (Å²) in [6.45, 7) is 8.21. The molecule has 158 valence electrons. The highest BCUT2D eigenvalue weighted by molar-refractivity contribution is 6.00. The first kappa shape index (κ1) is 22.8. The molecule has 3 N–H and O–H groups in total. The zero-order valence-electron chi connectivity index (χ0n) is 17.8. The van der Waals surface area contributed by atoms with Crippen LogP contribution in [0.3, 0.4) is 0 Å². The molecule has 0 fully saturated rings. The van der Waals surface area contributed by atoms with Crippen molar-refractivity contribution in [2.75, 3.05) is 10.6 Å². The molecule has 7 heteroatoms. The zero-order chi connectivity index (χ0) is 22.4. The number of ketones is 1. The van der Waals surface area contributed by atoms with Gasteiger partial charge in [0.15, 0.2) is 5.78 Å². The molecule has 0 bridgehead atoms. The average molecular weight is 409 g/mol. The van der Waals surface area contributed by atoms with E-state index in [0.29, 0.717) is 22.5 Å². The van der Waals surface area contributed by atoms with Crippen LogP contribution in [0.4, 0.5) is 11.4 Å². The number of anilines is 2. The summed E-state index contributed by atoms with van der Waals surface area (Å²) in [5.74, 6) is -0.848. The van der Waals surface area contributed by atoms with Crippen LogP contribution in [-0.2, 0) is 9.59 Å². The monoisotopic (exact) mass is 409 g/mol. The molecule has 0 aliphatic rings. The molecule has 30 heavy (non-hydrogen) atoms. The van der Waals surface area contributed by atoms with E-state index in [-0.39, 0.29) is 35.5 Å². The predicted octanol–water partition coefficient (Wildman–Crippen LogP) is 3.93. The van der Waals surface area contributed by atoms with E-state index in [2.05, 4.69) is 16.0 Å². The van der Waals surface area contributed by atoms with Gasteiger partial charge < -0.3 is 16.0 Å². The summed E-state index contributed by atoms with van der Waals surface area (Å²) in [5, 5.41) is 8.28. The minimum Gasteiger partial charge on any atom is -0.345 e. The maximum absolute atomic E-state index is 13.0. The van der Waals surface area contributed by atoms with Crippen molar-refractivity contribution >= 4 is 34.9 Å². The van der Waals surface area contributed by atoms with Crippen LogP contribution < -0.4 is 16.0 Å². The van der Waals surface area contributed by atoms with Crippen molar-refractivity contribution in [2.45, 2.75) is 40.7 Å². The van der Waals surface area contributed by atoms with E-state index in [1.54, 1.807) is 30.3 Å². The summed E-state index contributed by atoms with van der Waals surface area (Å²) >= 11 is 0. The van der Waals surface area contributed by atoms with Crippen molar-refractivity contribution in [2.24, 2.45) is 5.92 Å². The Kier molecular flexibility index (Phi) is 7.47. The Morgan fingerprint density at radius 2 is 1.23 bits per heavy atom. The van der Waals surface area contributed by atoms with Crippen LogP contribution in [0.1, 0.15) is 66.9 Å². The van der Waals surface area contributed by atoms with Crippen molar-refractivity contribution in [3.63, 3.8) is 0 Å². The number of benzene rings is 2. The molecule has 0 radical (unpaired) electrons. The Bertz CT molecular complexity index is 931. The van der Waals surface area contributed by atoms with Crippen molar-refractivity contribution < 1.29 is 19.2 Å². The number of carbonyl (C=O) groups is 4. The molecular formula is C23H27N3O4. The van der Waals surface area contributed by atoms with Gasteiger partial charge in [-0.3, -0.25) is 19.2 Å². The molecule has 1 unspecified atom stereocenters. The van der Waals surface area contributed by atoms with Gasteiger partial charge in [-0.25, -0.2) is 0 Å². The highest BCUT2D eigenvalue weighted by Crippen LogP contribution is 2.25. The number of hydrogen-bond donors (Lipinski definition) is 3. The van der Waals surface area contributed by atoms with Crippen LogP contribution in [0, 0.1) is 5.92 Å². The highest BCUT2D eigenvalue weighted by atomic mass is 16.2. The van der Waals surface area contributed by atoms with E-state index in [1.807, 2.05) is 26.0 Å². The van der Waals surface area contributed by atoms with E-state index >= 15 is 0 Å². The Balaban J connectivity index is 2.33. The summed E-state index contributed by atoms with van der Waals surface area (Å²) in [6, 6.07) is 11.6. The fourth-order valence-electron chi connectivity index (χ4n) is 3.09. The van der Waals surface area contributed by atoms with Gasteiger partial charge in [0.05, 0.1) is 6.04 Å². The lowest BCUT2D eigenvalue weighted by molar-refractivity contribution is -0.115. The van der Waals surface area contributed by atoms with Gasteiger partial charge >= 0.3 is 0 Å². The fourth-order valence-corrected chi connectivity index (χ4v) is 3.09. The first-order valence-corrected chi connectivity index (χ1v) is 9.69. The molecule has 2 aromatic rings. The van der Waals surface area contributed by atoms with Gasteiger partial charge in [-0.15, -0.1) is 0 Å². The molecule has 2 aromatic carbocycles. The van der Waals surface area contributed by atoms with Crippen molar-refractivity contribution in [1.29, 1.82) is 0 Å². The molecule has 3 amide bonds. The lowest BCUT2D eigenvalue weighted by atomic mass is 9.94. The Labute approximate surface area is 176 Å². The molecule has 0 aliphatic carbocycles. The van der Waals surface area contributed by atoms with E-state index in [4.69, 9.17) is 0 Å². The highest BCUT2D eigenvalue weighted by Gasteiger charge is 2.20. The van der Waals surface area contributed by atoms with Crippen LogP contribution in [0.25, 0.3) is 0 Å². The van der Waals surface area contributed by atoms with Crippen LogP contribution in [0.2, 0.25) is 0 Å². The number of rotatable bonds is 7. The minimum absolute atomic E-state index is 0.0213. The average Bonchev–Trinajstić information content (AvgIpc) is 2.64. The topological polar surface area (TPSA) is 104 Å². The number of amides is 3. The third-order valence-electron chi connectivity index (χ3n) is 4.47. The van der Waals surface area contributed by atoms with Gasteiger partial charge in [0.25, 0.3) is 5.91 Å². The molecule has 7 nitrogen and oxygen atoms in total. The molecule has 0 aromatic heterocycles. The van der Waals surface area contributed by atoms with Crippen LogP contribution in [0.5, 0.6) is 0 Å². The molecular weight excluding hydrogens is 382 g/mol. The first-order chi connectivity index (χ1) is 14.1. The van der Waals surface area contributed by atoms with Gasteiger partial charge in [0.1, 0.15) is 0 Å². The second-order valence-corrected chi connectivity index (χ2v) is 7.53. The number of Topliss-reactive ketones (excluding diaryl/α,β-unsaturated/α-hetero) is 1. The molecule has 2 rings (SSSR count). The fraction of sp³-hybridized carbons (Fsp3) is 0.304. The Morgan fingerprint density at radius 1 is 0.733 bits per heavy atom. The van der Waals surface area contributed by atoms with Crippen molar-refractivity contribution in [1.82, 2.24) is 5.32 Å². The predicted molar refractivity (Wildman–Crippen MR) is 117 cm³/mol. The van der Waals surface area contributed by atoms with Crippen LogP contribution in [-0.4, -0.2) is 23.5 Å². The maximum Gasteiger partial charge on any atom is 0.251 e. The third kappa shape index (κ3) is 6.27. The quantitative estimate of drug-likeness (QED) is 0.603. The lowest BCUT2D eigenvalue weighted by Gasteiger charge is -2.23. The van der Waals surface area contributed by atoms with Crippen LogP contribution >= 0.6 is 0 Å². The smallest absolute Gasteiger partial charge is 0.251 e. The second kappa shape index (κ2) is 9.82. The minimum atomic E-state index is -0.344. The lowest BCUT2D eigenvalue weighted by Crippen LogP contribution is -2.32. The van der Waals surface area contributed by atoms with E-state index in [9.17, 15) is 19.2 Å². The molecule has 0 spiro atoms. The molecule has 0 aliphatic heterocycles. The maximum atomic E-state index is 13.0. The van der Waals surface area contributed by atoms with Gasteiger partial charge in [-0.1, -0.05) is 38.1 Å². The molecule has 0 heterocycles. The molecule has 0 saturated carbocycles. The van der Waals surface area contributed by atoms with Crippen LogP contribution in [0.15, 0.2) is 42.5 Å². The zero-order valence-corrected chi connectivity index (χ0v) is 17.8. The van der Waals surface area contributed by atoms with Crippen molar-refractivity contribution in [3.8, 4) is 0 Å². The summed E-state index contributed by atoms with van der Waals surface area (Å²) in [5.41, 5.74) is 2.60. The standard InChI is InChI=1S/C23H27N3O4/c1-13(2)22(18-8-6-17(7-9-18)14(3)27)26-23(30)19-10-20(24-15(4)28)12-21(11-19)25-16(5)29/h6-13,22H,1-5H3,(H,24,28)(H,25,29)(H,26,30). The second-order valence-electron chi connectivity index (χ2n) is 7.53. The van der Waals surface area contributed by atoms with E-state index in [0.717, 1.165) is 5.56 Å². The number of hydrogen-bond acceptors (Lipinski definition) is 4. The largest absolute Gasteiger partial charge is 0.345 e. The first-order valence-electron chi connectivity index (χ1n) is 9.69. The normalized spacial score (nSPS) is 11.5. The Hall–Kier alpha value is -3.48. The van der Waals surface area contributed by atoms with Gasteiger partial charge in [0, 0.05) is 36.3 Å². The van der Waals surface area contributed by atoms with Gasteiger partial charge in [-0.2, -0.15) is 0 Å². The third-order valence-corrected chi connectivity index (χ3v) is 4.47. The number of nitrogens with one attached hydrogen (secondary N) is 3. The Morgan fingerprint density at radius 3 is 1.63 bits per heavy atom. The number of carbonyl (C=O) groups excluding carboxylic acids is 4. The summed E-state index contributed by atoms with van der Waals surface area (Å²) in [7, 11) is 0. The van der Waals surface area contributed by atoms with Gasteiger partial charge in [-0.05, 0) is 36.6 Å². The van der Waals surface area contributed by atoms with E-state index < -0.39 is 0 Å².